The fourth-order valence-electron chi connectivity index (χ4n) is 0.328. The van der Waals surface area contributed by atoms with Gasteiger partial charge in [0, 0.05) is 25.9 Å². The second kappa shape index (κ2) is 7.09. The van der Waals surface area contributed by atoms with Crippen LogP contribution in [-0.2, 0) is 24.3 Å². The number of carboxylic acids is 1. The van der Waals surface area contributed by atoms with Crippen LogP contribution in [0.1, 0.15) is 26.2 Å². The molecule has 2 nitrogen and oxygen atoms in total. The molecule has 0 aliphatic rings. The zero-order valence-corrected chi connectivity index (χ0v) is 6.57. The van der Waals surface area contributed by atoms with E-state index in [-0.39, 0.29) is 19.5 Å². The molecule has 0 fully saturated rings. The minimum atomic E-state index is -0.693. The molecule has 0 radical (unpaired) electrons. The predicted octanol–water partition coefficient (Wildman–Crippen LogP) is 1.26. The van der Waals surface area contributed by atoms with Crippen molar-refractivity contribution in [2.45, 2.75) is 26.2 Å². The molecule has 0 atom stereocenters. The largest absolute Gasteiger partial charge is 0.481 e. The van der Waals surface area contributed by atoms with Crippen LogP contribution < -0.4 is 0 Å². The van der Waals surface area contributed by atoms with Crippen LogP contribution in [0.15, 0.2) is 0 Å². The van der Waals surface area contributed by atoms with Crippen molar-refractivity contribution in [2.24, 2.45) is 0 Å². The summed E-state index contributed by atoms with van der Waals surface area (Å²) in [6.45, 7) is 1.98. The fourth-order valence-corrected chi connectivity index (χ4v) is 0.328. The average molecular weight is 203 g/mol. The van der Waals surface area contributed by atoms with Gasteiger partial charge in [-0.25, -0.2) is 0 Å². The number of hydrogen-bond donors (Lipinski definition) is 1. The molecule has 50 valence electrons. The van der Waals surface area contributed by atoms with Crippen LogP contribution in [0.5, 0.6) is 0 Å². The number of rotatable bonds is 3. The smallest absolute Gasteiger partial charge is 0.303 e. The van der Waals surface area contributed by atoms with Gasteiger partial charge in [0.1, 0.15) is 0 Å². The minimum Gasteiger partial charge on any atom is -0.481 e. The van der Waals surface area contributed by atoms with E-state index in [9.17, 15) is 4.79 Å². The number of aliphatic carboxylic acids is 1. The van der Waals surface area contributed by atoms with Crippen LogP contribution >= 0.6 is 0 Å². The van der Waals surface area contributed by atoms with Gasteiger partial charge in [0.25, 0.3) is 0 Å². The van der Waals surface area contributed by atoms with Crippen molar-refractivity contribution in [3.63, 3.8) is 0 Å². The first-order valence-electron chi connectivity index (χ1n) is 2.49. The Labute approximate surface area is 62.0 Å². The summed E-state index contributed by atoms with van der Waals surface area (Å²) in [6, 6.07) is 0. The van der Waals surface area contributed by atoms with E-state index in [2.05, 4.69) is 0 Å². The standard InChI is InChI=1S/C5H10O2.Ru/c1-2-3-4-5(6)7;/h2-4H2,1H3,(H,6,7);. The predicted molar refractivity (Wildman–Crippen MR) is 27.2 cm³/mol. The van der Waals surface area contributed by atoms with Gasteiger partial charge < -0.3 is 5.11 Å². The normalized spacial score (nSPS) is 7.62. The summed E-state index contributed by atoms with van der Waals surface area (Å²) >= 11 is 0. The van der Waals surface area contributed by atoms with E-state index in [1.165, 1.54) is 0 Å². The molecule has 0 saturated carbocycles. The van der Waals surface area contributed by atoms with Gasteiger partial charge in [0.15, 0.2) is 0 Å². The second-order valence-electron chi connectivity index (χ2n) is 1.50. The summed E-state index contributed by atoms with van der Waals surface area (Å²) in [5.74, 6) is -0.693. The first kappa shape index (κ1) is 11.0. The molecule has 0 heterocycles. The quantitative estimate of drug-likeness (QED) is 0.701. The molecular weight excluding hydrogens is 193 g/mol. The van der Waals surface area contributed by atoms with Crippen molar-refractivity contribution in [1.82, 2.24) is 0 Å². The van der Waals surface area contributed by atoms with Crippen LogP contribution in [0.4, 0.5) is 0 Å². The van der Waals surface area contributed by atoms with Crippen molar-refractivity contribution in [3.05, 3.63) is 0 Å². The van der Waals surface area contributed by atoms with Gasteiger partial charge in [0.2, 0.25) is 0 Å². The van der Waals surface area contributed by atoms with Gasteiger partial charge in [-0.3, -0.25) is 4.79 Å². The van der Waals surface area contributed by atoms with Gasteiger partial charge >= 0.3 is 5.97 Å². The Morgan fingerprint density at radius 2 is 2.12 bits per heavy atom. The zero-order chi connectivity index (χ0) is 5.70. The summed E-state index contributed by atoms with van der Waals surface area (Å²) in [5.41, 5.74) is 0. The molecule has 0 aromatic rings. The number of carboxylic acid groups (broad SMARTS) is 1. The molecule has 0 spiro atoms. The van der Waals surface area contributed by atoms with Crippen LogP contribution in [0.3, 0.4) is 0 Å². The zero-order valence-electron chi connectivity index (χ0n) is 4.83. The van der Waals surface area contributed by atoms with Gasteiger partial charge in [0.05, 0.1) is 0 Å². The molecule has 1 N–H and O–H groups in total. The average Bonchev–Trinajstić information content (AvgIpc) is 1.61. The Bertz CT molecular complexity index is 63.4. The summed E-state index contributed by atoms with van der Waals surface area (Å²) in [4.78, 5) is 9.76. The van der Waals surface area contributed by atoms with E-state index in [4.69, 9.17) is 5.11 Å². The molecule has 0 aliphatic heterocycles. The van der Waals surface area contributed by atoms with Crippen LogP contribution in [0, 0.1) is 0 Å². The van der Waals surface area contributed by atoms with Crippen molar-refractivity contribution in [3.8, 4) is 0 Å². The Balaban J connectivity index is 0. The molecular formula is C5H10O2Ru. The van der Waals surface area contributed by atoms with E-state index < -0.39 is 5.97 Å². The van der Waals surface area contributed by atoms with E-state index in [0.717, 1.165) is 12.8 Å². The van der Waals surface area contributed by atoms with E-state index >= 15 is 0 Å². The van der Waals surface area contributed by atoms with Gasteiger partial charge in [-0.1, -0.05) is 13.3 Å². The molecule has 0 aromatic heterocycles. The molecule has 0 amide bonds. The maximum atomic E-state index is 9.76. The van der Waals surface area contributed by atoms with Crippen molar-refractivity contribution < 1.29 is 29.4 Å². The Hall–Kier alpha value is 0.0934. The summed E-state index contributed by atoms with van der Waals surface area (Å²) in [5, 5.41) is 8.04. The first-order chi connectivity index (χ1) is 3.27. The third-order valence-corrected chi connectivity index (χ3v) is 0.744. The molecule has 0 aromatic carbocycles. The van der Waals surface area contributed by atoms with Crippen LogP contribution in [0.2, 0.25) is 0 Å². The molecule has 0 saturated heterocycles. The monoisotopic (exact) mass is 204 g/mol. The SMILES string of the molecule is CCCCC(=O)O.[Ru]. The maximum Gasteiger partial charge on any atom is 0.303 e. The molecule has 0 bridgehead atoms. The van der Waals surface area contributed by atoms with Crippen molar-refractivity contribution >= 4 is 5.97 Å². The molecule has 8 heavy (non-hydrogen) atoms. The third kappa shape index (κ3) is 9.43. The topological polar surface area (TPSA) is 37.3 Å². The van der Waals surface area contributed by atoms with Crippen LogP contribution in [-0.4, -0.2) is 11.1 Å². The van der Waals surface area contributed by atoms with Crippen molar-refractivity contribution in [2.75, 3.05) is 0 Å². The van der Waals surface area contributed by atoms with E-state index in [0.29, 0.717) is 6.42 Å². The van der Waals surface area contributed by atoms with E-state index in [1.807, 2.05) is 6.92 Å². The first-order valence-corrected chi connectivity index (χ1v) is 2.49. The second-order valence-corrected chi connectivity index (χ2v) is 1.50. The van der Waals surface area contributed by atoms with Gasteiger partial charge in [-0.15, -0.1) is 0 Å². The minimum absolute atomic E-state index is 0. The maximum absolute atomic E-state index is 9.76. The number of hydrogen-bond acceptors (Lipinski definition) is 1. The molecule has 0 rings (SSSR count). The van der Waals surface area contributed by atoms with E-state index in [1.54, 1.807) is 0 Å². The molecule has 0 aliphatic carbocycles. The molecule has 0 unspecified atom stereocenters. The third-order valence-electron chi connectivity index (χ3n) is 0.744. The Morgan fingerprint density at radius 3 is 2.25 bits per heavy atom. The number of carbonyl (C=O) groups is 1. The van der Waals surface area contributed by atoms with Crippen molar-refractivity contribution in [1.29, 1.82) is 0 Å². The Kier molecular flexibility index (Phi) is 9.72. The summed E-state index contributed by atoms with van der Waals surface area (Å²) < 4.78 is 0. The summed E-state index contributed by atoms with van der Waals surface area (Å²) in [6.07, 6.45) is 2.08. The molecule has 3 heteroatoms. The Morgan fingerprint density at radius 1 is 1.62 bits per heavy atom. The number of unbranched alkanes of at least 4 members (excludes halogenated alkanes) is 1. The van der Waals surface area contributed by atoms with Gasteiger partial charge in [-0.05, 0) is 6.42 Å². The van der Waals surface area contributed by atoms with Crippen LogP contribution in [0.25, 0.3) is 0 Å². The van der Waals surface area contributed by atoms with Gasteiger partial charge in [-0.2, -0.15) is 0 Å². The summed E-state index contributed by atoms with van der Waals surface area (Å²) in [7, 11) is 0. The fraction of sp³-hybridized carbons (Fsp3) is 0.800.